The number of allylic oxidation sites excluding steroid dienone is 4. The van der Waals surface area contributed by atoms with E-state index in [-0.39, 0.29) is 0 Å². The van der Waals surface area contributed by atoms with Gasteiger partial charge in [0.15, 0.2) is 0 Å². The van der Waals surface area contributed by atoms with Gasteiger partial charge in [0.05, 0.1) is 0 Å². The molecular formula is C35H25ClS. The molecule has 37 heavy (non-hydrogen) atoms. The van der Waals surface area contributed by atoms with Crippen molar-refractivity contribution in [3.05, 3.63) is 113 Å². The number of hydrogen-bond acceptors (Lipinski definition) is 1. The van der Waals surface area contributed by atoms with Gasteiger partial charge in [-0.3, -0.25) is 0 Å². The van der Waals surface area contributed by atoms with Gasteiger partial charge in [0.1, 0.15) is 0 Å². The highest BCUT2D eigenvalue weighted by atomic mass is 35.5. The third-order valence-corrected chi connectivity index (χ3v) is 9.21. The SMILES string of the molecule is Clc1ccc(-c2cc(C3=CCCC=C3)cc(-c3c#cc#cc3)c2)c2sc3cc4c(cc3c12)CCCCC4. The molecule has 0 radical (unpaired) electrons. The van der Waals surface area contributed by atoms with Gasteiger partial charge in [-0.2, -0.15) is 0 Å². The largest absolute Gasteiger partial charge is 0.134 e. The smallest absolute Gasteiger partial charge is 0.0499 e. The van der Waals surface area contributed by atoms with Crippen LogP contribution in [0.3, 0.4) is 0 Å². The van der Waals surface area contributed by atoms with Crippen molar-refractivity contribution in [1.82, 2.24) is 0 Å². The highest BCUT2D eigenvalue weighted by Crippen LogP contribution is 2.45. The summed E-state index contributed by atoms with van der Waals surface area (Å²) in [5.74, 6) is 0. The first-order valence-corrected chi connectivity index (χ1v) is 14.4. The second-order valence-electron chi connectivity index (χ2n) is 10.1. The fraction of sp³-hybridized carbons (Fsp3) is 0.200. The van der Waals surface area contributed by atoms with Gasteiger partial charge in [-0.1, -0.05) is 54.4 Å². The summed E-state index contributed by atoms with van der Waals surface area (Å²) in [6.07, 6.45) is 15.3. The van der Waals surface area contributed by atoms with E-state index < -0.39 is 0 Å². The second-order valence-corrected chi connectivity index (χ2v) is 11.6. The topological polar surface area (TPSA) is 0 Å². The molecule has 7 rings (SSSR count). The summed E-state index contributed by atoms with van der Waals surface area (Å²) in [6.45, 7) is 0. The zero-order valence-electron chi connectivity index (χ0n) is 20.6. The van der Waals surface area contributed by atoms with Gasteiger partial charge in [0, 0.05) is 36.8 Å². The van der Waals surface area contributed by atoms with E-state index in [0.717, 1.165) is 29.0 Å². The first-order chi connectivity index (χ1) is 18.2. The Morgan fingerprint density at radius 1 is 0.811 bits per heavy atom. The number of halogens is 1. The Morgan fingerprint density at radius 2 is 1.65 bits per heavy atom. The maximum Gasteiger partial charge on any atom is 0.0499 e. The Morgan fingerprint density at radius 3 is 2.46 bits per heavy atom. The van der Waals surface area contributed by atoms with Crippen LogP contribution in [0.1, 0.15) is 48.8 Å². The van der Waals surface area contributed by atoms with Crippen LogP contribution in [-0.4, -0.2) is 0 Å². The van der Waals surface area contributed by atoms with Gasteiger partial charge in [-0.25, -0.2) is 0 Å². The van der Waals surface area contributed by atoms with Crippen molar-refractivity contribution in [3.63, 3.8) is 0 Å². The van der Waals surface area contributed by atoms with Crippen molar-refractivity contribution >= 4 is 48.7 Å². The van der Waals surface area contributed by atoms with Gasteiger partial charge in [0.25, 0.3) is 0 Å². The molecule has 4 aromatic carbocycles. The van der Waals surface area contributed by atoms with Crippen LogP contribution < -0.4 is 0 Å². The monoisotopic (exact) mass is 512 g/mol. The molecule has 5 aromatic rings. The van der Waals surface area contributed by atoms with Crippen molar-refractivity contribution in [2.45, 2.75) is 44.9 Å². The van der Waals surface area contributed by atoms with Crippen LogP contribution in [0.5, 0.6) is 0 Å². The van der Waals surface area contributed by atoms with Gasteiger partial charge in [-0.05, 0) is 126 Å². The molecule has 1 heterocycles. The zero-order chi connectivity index (χ0) is 24.8. The Balaban J connectivity index is 1.47. The molecule has 2 aliphatic rings. The summed E-state index contributed by atoms with van der Waals surface area (Å²) in [6, 6.07) is 30.0. The minimum atomic E-state index is 0.837. The second kappa shape index (κ2) is 9.43. The maximum absolute atomic E-state index is 6.90. The highest BCUT2D eigenvalue weighted by Gasteiger charge is 2.18. The molecule has 0 unspecified atom stereocenters. The van der Waals surface area contributed by atoms with Crippen molar-refractivity contribution in [1.29, 1.82) is 0 Å². The van der Waals surface area contributed by atoms with Crippen molar-refractivity contribution in [2.24, 2.45) is 0 Å². The van der Waals surface area contributed by atoms with Crippen LogP contribution in [0, 0.1) is 24.3 Å². The summed E-state index contributed by atoms with van der Waals surface area (Å²) in [5, 5.41) is 3.33. The van der Waals surface area contributed by atoms with Gasteiger partial charge in [-0.15, -0.1) is 11.3 Å². The van der Waals surface area contributed by atoms with E-state index in [1.165, 1.54) is 85.7 Å². The van der Waals surface area contributed by atoms with E-state index >= 15 is 0 Å². The zero-order valence-corrected chi connectivity index (χ0v) is 22.2. The molecule has 0 aliphatic heterocycles. The molecule has 0 saturated heterocycles. The Kier molecular flexibility index (Phi) is 5.78. The van der Waals surface area contributed by atoms with E-state index in [2.05, 4.69) is 85.0 Å². The number of hydrogen-bond donors (Lipinski definition) is 0. The first kappa shape index (κ1) is 22.7. The molecule has 2 heteroatoms. The normalized spacial score (nSPS) is 15.1. The van der Waals surface area contributed by atoms with Gasteiger partial charge < -0.3 is 0 Å². The van der Waals surface area contributed by atoms with E-state index in [9.17, 15) is 0 Å². The lowest BCUT2D eigenvalue weighted by Crippen LogP contribution is -1.90. The van der Waals surface area contributed by atoms with Crippen molar-refractivity contribution in [2.75, 3.05) is 0 Å². The predicted octanol–water partition coefficient (Wildman–Crippen LogP) is 10.2. The third-order valence-electron chi connectivity index (χ3n) is 7.71. The summed E-state index contributed by atoms with van der Waals surface area (Å²) in [7, 11) is 0. The predicted molar refractivity (Wildman–Crippen MR) is 158 cm³/mol. The number of thiophene rings is 1. The fourth-order valence-corrected chi connectivity index (χ4v) is 7.47. The molecule has 0 fully saturated rings. The summed E-state index contributed by atoms with van der Waals surface area (Å²) >= 11 is 8.79. The molecule has 2 aliphatic carbocycles. The van der Waals surface area contributed by atoms with Gasteiger partial charge in [0.2, 0.25) is 0 Å². The average Bonchev–Trinajstić information content (AvgIpc) is 3.16. The standard InChI is InChI=1S/C35H25ClS/c36-32-17-16-30(35-34(32)31-21-25-14-8-3-9-15-26(25)22-33(31)37-35)29-19-27(23-10-4-1-5-11-23)18-28(20-29)24-12-6-2-7-13-24/h4,10-12,16-22H,1,3,5,8-9,14-15H2. The molecule has 1 aromatic heterocycles. The molecule has 0 N–H and O–H groups in total. The lowest BCUT2D eigenvalue weighted by molar-refractivity contribution is 0.712. The molecule has 0 saturated carbocycles. The van der Waals surface area contributed by atoms with E-state index in [0.29, 0.717) is 0 Å². The average molecular weight is 513 g/mol. The van der Waals surface area contributed by atoms with Crippen LogP contribution in [-0.2, 0) is 12.8 Å². The first-order valence-electron chi connectivity index (χ1n) is 13.2. The van der Waals surface area contributed by atoms with E-state index in [4.69, 9.17) is 11.6 Å². The Hall–Kier alpha value is -3.49. The Bertz CT molecular complexity index is 1700. The quantitative estimate of drug-likeness (QED) is 0.211. The van der Waals surface area contributed by atoms with Crippen molar-refractivity contribution < 1.29 is 0 Å². The highest BCUT2D eigenvalue weighted by molar-refractivity contribution is 7.26. The molecular weight excluding hydrogens is 488 g/mol. The number of fused-ring (bicyclic) bond motifs is 4. The summed E-state index contributed by atoms with van der Waals surface area (Å²) in [4.78, 5) is 0. The Labute approximate surface area is 227 Å². The minimum Gasteiger partial charge on any atom is -0.134 e. The number of benzene rings is 3. The lowest BCUT2D eigenvalue weighted by Gasteiger charge is -2.13. The molecule has 0 amide bonds. The maximum atomic E-state index is 6.90. The van der Waals surface area contributed by atoms with Crippen LogP contribution in [0.15, 0.2) is 66.8 Å². The third kappa shape index (κ3) is 4.14. The van der Waals surface area contributed by atoms with Crippen molar-refractivity contribution in [3.8, 4) is 22.3 Å². The molecule has 178 valence electrons. The summed E-state index contributed by atoms with van der Waals surface area (Å²) < 4.78 is 2.61. The molecule has 0 atom stereocenters. The van der Waals surface area contributed by atoms with E-state index in [1.807, 2.05) is 17.4 Å². The minimum absolute atomic E-state index is 0.837. The number of aryl methyl sites for hydroxylation is 2. The fourth-order valence-electron chi connectivity index (χ4n) is 5.84. The van der Waals surface area contributed by atoms with Crippen LogP contribution >= 0.6 is 22.9 Å². The van der Waals surface area contributed by atoms with E-state index in [1.54, 1.807) is 0 Å². The van der Waals surface area contributed by atoms with Crippen LogP contribution in [0.25, 0.3) is 48.0 Å². The molecule has 0 spiro atoms. The van der Waals surface area contributed by atoms with Crippen LogP contribution in [0.2, 0.25) is 5.02 Å². The molecule has 0 bridgehead atoms. The van der Waals surface area contributed by atoms with Gasteiger partial charge >= 0.3 is 0 Å². The molecule has 0 nitrogen and oxygen atoms in total. The van der Waals surface area contributed by atoms with Crippen LogP contribution in [0.4, 0.5) is 0 Å². The number of rotatable bonds is 3. The summed E-state index contributed by atoms with van der Waals surface area (Å²) in [5.41, 5.74) is 10.1. The lowest BCUT2D eigenvalue weighted by atomic mass is 9.91.